The van der Waals surface area contributed by atoms with Crippen molar-refractivity contribution in [2.24, 2.45) is 0 Å². The molecule has 0 saturated heterocycles. The van der Waals surface area contributed by atoms with E-state index in [-0.39, 0.29) is 18.1 Å². The molecular weight excluding hydrogens is 344 g/mol. The van der Waals surface area contributed by atoms with E-state index in [0.29, 0.717) is 31.1 Å². The Morgan fingerprint density at radius 2 is 1.54 bits per heavy atom. The SMILES string of the molecule is CCOc1ccc(OCCCC(=O)Nc2ccc(OC(F)F)cc2)cc1. The second-order valence-electron chi connectivity index (χ2n) is 5.31. The fraction of sp³-hybridized carbons (Fsp3) is 0.316. The molecule has 1 amide bonds. The third-order valence-corrected chi connectivity index (χ3v) is 3.31. The number of benzene rings is 2. The minimum absolute atomic E-state index is 0.0433. The van der Waals surface area contributed by atoms with Gasteiger partial charge >= 0.3 is 6.61 Å². The smallest absolute Gasteiger partial charge is 0.387 e. The molecule has 26 heavy (non-hydrogen) atoms. The Hall–Kier alpha value is -2.83. The van der Waals surface area contributed by atoms with Crippen LogP contribution in [0.5, 0.6) is 17.2 Å². The van der Waals surface area contributed by atoms with Crippen LogP contribution in [0.1, 0.15) is 19.8 Å². The van der Waals surface area contributed by atoms with Crippen LogP contribution in [0.25, 0.3) is 0 Å². The van der Waals surface area contributed by atoms with Crippen molar-refractivity contribution >= 4 is 11.6 Å². The van der Waals surface area contributed by atoms with Gasteiger partial charge in [0.15, 0.2) is 0 Å². The lowest BCUT2D eigenvalue weighted by molar-refractivity contribution is -0.116. The normalized spacial score (nSPS) is 10.5. The zero-order valence-electron chi connectivity index (χ0n) is 14.4. The van der Waals surface area contributed by atoms with Crippen LogP contribution in [0, 0.1) is 0 Å². The molecule has 140 valence electrons. The first-order valence-corrected chi connectivity index (χ1v) is 8.27. The van der Waals surface area contributed by atoms with Crippen LogP contribution in [-0.4, -0.2) is 25.7 Å². The Bertz CT molecular complexity index is 675. The van der Waals surface area contributed by atoms with Crippen LogP contribution in [0.3, 0.4) is 0 Å². The number of alkyl halides is 2. The van der Waals surface area contributed by atoms with Gasteiger partial charge in [0.25, 0.3) is 0 Å². The highest BCUT2D eigenvalue weighted by molar-refractivity contribution is 5.90. The van der Waals surface area contributed by atoms with Gasteiger partial charge in [0.05, 0.1) is 13.2 Å². The molecule has 2 aromatic carbocycles. The number of hydrogen-bond acceptors (Lipinski definition) is 4. The van der Waals surface area contributed by atoms with Crippen molar-refractivity contribution in [2.75, 3.05) is 18.5 Å². The number of anilines is 1. The standard InChI is InChI=1S/C19H21F2NO4/c1-2-24-15-9-11-16(12-10-15)25-13-3-4-18(23)22-14-5-7-17(8-6-14)26-19(20)21/h5-12,19H,2-4,13H2,1H3,(H,22,23). The Kier molecular flexibility index (Phi) is 7.67. The second-order valence-corrected chi connectivity index (χ2v) is 5.31. The molecule has 0 bridgehead atoms. The minimum Gasteiger partial charge on any atom is -0.494 e. The Balaban J connectivity index is 1.67. The van der Waals surface area contributed by atoms with Gasteiger partial charge in [-0.15, -0.1) is 0 Å². The maximum Gasteiger partial charge on any atom is 0.387 e. The van der Waals surface area contributed by atoms with E-state index in [1.54, 1.807) is 0 Å². The molecule has 0 atom stereocenters. The molecule has 2 rings (SSSR count). The van der Waals surface area contributed by atoms with Crippen molar-refractivity contribution < 1.29 is 27.8 Å². The Labute approximate surface area is 150 Å². The number of carbonyl (C=O) groups is 1. The maximum atomic E-state index is 12.1. The van der Waals surface area contributed by atoms with Crippen LogP contribution in [0.15, 0.2) is 48.5 Å². The van der Waals surface area contributed by atoms with Gasteiger partial charge in [-0.2, -0.15) is 8.78 Å². The summed E-state index contributed by atoms with van der Waals surface area (Å²) in [7, 11) is 0. The largest absolute Gasteiger partial charge is 0.494 e. The molecule has 5 nitrogen and oxygen atoms in total. The minimum atomic E-state index is -2.87. The summed E-state index contributed by atoms with van der Waals surface area (Å²) in [5.74, 6) is 1.36. The summed E-state index contributed by atoms with van der Waals surface area (Å²) in [5, 5.41) is 2.69. The fourth-order valence-electron chi connectivity index (χ4n) is 2.16. The van der Waals surface area contributed by atoms with Crippen LogP contribution >= 0.6 is 0 Å². The van der Waals surface area contributed by atoms with Gasteiger partial charge in [0, 0.05) is 12.1 Å². The van der Waals surface area contributed by atoms with Gasteiger partial charge < -0.3 is 19.5 Å². The maximum absolute atomic E-state index is 12.1. The number of rotatable bonds is 10. The highest BCUT2D eigenvalue weighted by Gasteiger charge is 2.06. The summed E-state index contributed by atoms with van der Waals surface area (Å²) < 4.78 is 39.3. The predicted molar refractivity (Wildman–Crippen MR) is 94.0 cm³/mol. The lowest BCUT2D eigenvalue weighted by Crippen LogP contribution is -2.12. The van der Waals surface area contributed by atoms with Gasteiger partial charge in [-0.05, 0) is 61.9 Å². The Morgan fingerprint density at radius 3 is 2.12 bits per heavy atom. The van der Waals surface area contributed by atoms with E-state index in [0.717, 1.165) is 5.75 Å². The summed E-state index contributed by atoms with van der Waals surface area (Å²) in [4.78, 5) is 11.9. The summed E-state index contributed by atoms with van der Waals surface area (Å²) in [6.45, 7) is 0.0618. The number of amides is 1. The monoisotopic (exact) mass is 365 g/mol. The van der Waals surface area contributed by atoms with E-state index in [2.05, 4.69) is 10.1 Å². The molecule has 2 aromatic rings. The quantitative estimate of drug-likeness (QED) is 0.631. The van der Waals surface area contributed by atoms with Crippen LogP contribution in [0.2, 0.25) is 0 Å². The number of carbonyl (C=O) groups excluding carboxylic acids is 1. The van der Waals surface area contributed by atoms with Gasteiger partial charge in [-0.3, -0.25) is 4.79 Å². The molecule has 0 unspecified atom stereocenters. The fourth-order valence-corrected chi connectivity index (χ4v) is 2.16. The number of nitrogens with one attached hydrogen (secondary N) is 1. The first-order valence-electron chi connectivity index (χ1n) is 8.27. The molecule has 0 aromatic heterocycles. The first kappa shape index (κ1) is 19.5. The molecule has 0 fully saturated rings. The predicted octanol–water partition coefficient (Wildman–Crippen LogP) is 4.48. The van der Waals surface area contributed by atoms with Gasteiger partial charge in [0.2, 0.25) is 5.91 Å². The molecule has 1 N–H and O–H groups in total. The average molecular weight is 365 g/mol. The van der Waals surface area contributed by atoms with Crippen molar-refractivity contribution in [3.05, 3.63) is 48.5 Å². The molecule has 0 aliphatic rings. The van der Waals surface area contributed by atoms with Crippen LogP contribution in [-0.2, 0) is 4.79 Å². The molecule has 0 saturated carbocycles. The highest BCUT2D eigenvalue weighted by atomic mass is 19.3. The van der Waals surface area contributed by atoms with Crippen LogP contribution < -0.4 is 19.5 Å². The zero-order valence-corrected chi connectivity index (χ0v) is 14.4. The van der Waals surface area contributed by atoms with E-state index < -0.39 is 6.61 Å². The van der Waals surface area contributed by atoms with E-state index in [1.165, 1.54) is 24.3 Å². The molecule has 7 heteroatoms. The summed E-state index contributed by atoms with van der Waals surface area (Å²) >= 11 is 0. The van der Waals surface area contributed by atoms with Crippen molar-refractivity contribution in [1.82, 2.24) is 0 Å². The average Bonchev–Trinajstić information content (AvgIpc) is 2.62. The number of halogens is 2. The first-order chi connectivity index (χ1) is 12.6. The van der Waals surface area contributed by atoms with Crippen LogP contribution in [0.4, 0.5) is 14.5 Å². The van der Waals surface area contributed by atoms with Gasteiger partial charge in [-0.25, -0.2) is 0 Å². The zero-order chi connectivity index (χ0) is 18.8. The lowest BCUT2D eigenvalue weighted by atomic mass is 10.2. The van der Waals surface area contributed by atoms with Gasteiger partial charge in [0.1, 0.15) is 17.2 Å². The topological polar surface area (TPSA) is 56.8 Å². The molecule has 0 spiro atoms. The molecule has 0 radical (unpaired) electrons. The number of ether oxygens (including phenoxy) is 3. The summed E-state index contributed by atoms with van der Waals surface area (Å²) in [5.41, 5.74) is 0.518. The number of hydrogen-bond donors (Lipinski definition) is 1. The van der Waals surface area contributed by atoms with E-state index >= 15 is 0 Å². The third kappa shape index (κ3) is 6.96. The third-order valence-electron chi connectivity index (χ3n) is 3.31. The van der Waals surface area contributed by atoms with Gasteiger partial charge in [-0.1, -0.05) is 0 Å². The molecule has 0 aliphatic heterocycles. The Morgan fingerprint density at radius 1 is 0.962 bits per heavy atom. The summed E-state index contributed by atoms with van der Waals surface area (Å²) in [6, 6.07) is 13.0. The van der Waals surface area contributed by atoms with E-state index in [9.17, 15) is 13.6 Å². The van der Waals surface area contributed by atoms with E-state index in [1.807, 2.05) is 31.2 Å². The second kappa shape index (κ2) is 10.2. The van der Waals surface area contributed by atoms with Crippen molar-refractivity contribution in [3.63, 3.8) is 0 Å². The molecule has 0 heterocycles. The van der Waals surface area contributed by atoms with E-state index in [4.69, 9.17) is 9.47 Å². The highest BCUT2D eigenvalue weighted by Crippen LogP contribution is 2.19. The van der Waals surface area contributed by atoms with Crippen molar-refractivity contribution in [2.45, 2.75) is 26.4 Å². The molecular formula is C19H21F2NO4. The molecule has 0 aliphatic carbocycles. The van der Waals surface area contributed by atoms with Crippen molar-refractivity contribution in [3.8, 4) is 17.2 Å². The lowest BCUT2D eigenvalue weighted by Gasteiger charge is -2.09. The van der Waals surface area contributed by atoms with Crippen molar-refractivity contribution in [1.29, 1.82) is 0 Å². The summed E-state index contributed by atoms with van der Waals surface area (Å²) in [6.07, 6.45) is 0.831.